The van der Waals surface area contributed by atoms with Gasteiger partial charge in [-0.15, -0.1) is 6.58 Å². The number of rotatable bonds is 5. The number of likely N-dealkylation sites (N-methyl/N-ethyl adjacent to an activating group) is 1. The van der Waals surface area contributed by atoms with Crippen molar-refractivity contribution in [3.63, 3.8) is 0 Å². The topological polar surface area (TPSA) is 23.5 Å². The maximum Gasteiger partial charge on any atom is 0.0726 e. The molecule has 1 N–H and O–H groups in total. The van der Waals surface area contributed by atoms with E-state index < -0.39 is 0 Å². The molecule has 1 aliphatic rings. The first-order chi connectivity index (χ1) is 7.49. The third kappa shape index (κ3) is 3.08. The average molecular weight is 225 g/mol. The summed E-state index contributed by atoms with van der Waals surface area (Å²) in [5.74, 6) is 0. The molecule has 1 rings (SSSR count). The van der Waals surface area contributed by atoms with Gasteiger partial charge in [-0.2, -0.15) is 0 Å². The second kappa shape index (κ2) is 5.83. The first kappa shape index (κ1) is 13.7. The van der Waals surface area contributed by atoms with E-state index in [9.17, 15) is 5.11 Å². The zero-order chi connectivity index (χ0) is 12.2. The smallest absolute Gasteiger partial charge is 0.0726 e. The molecule has 0 aromatic rings. The molecule has 0 aromatic heterocycles. The minimum atomic E-state index is -0.209. The van der Waals surface area contributed by atoms with Crippen molar-refractivity contribution >= 4 is 0 Å². The van der Waals surface area contributed by atoms with Gasteiger partial charge in [-0.25, -0.2) is 0 Å². The second-order valence-electron chi connectivity index (χ2n) is 5.57. The van der Waals surface area contributed by atoms with E-state index in [1.165, 1.54) is 24.8 Å². The highest BCUT2D eigenvalue weighted by Crippen LogP contribution is 2.36. The van der Waals surface area contributed by atoms with Crippen LogP contribution in [0.25, 0.3) is 0 Å². The normalized spacial score (nSPS) is 22.1. The Kier molecular flexibility index (Phi) is 5.00. The van der Waals surface area contributed by atoms with Gasteiger partial charge in [-0.1, -0.05) is 24.8 Å². The van der Waals surface area contributed by atoms with Crippen molar-refractivity contribution in [2.45, 2.75) is 63.5 Å². The van der Waals surface area contributed by atoms with Crippen LogP contribution in [0.1, 0.15) is 51.9 Å². The molecule has 1 atom stereocenters. The lowest BCUT2D eigenvalue weighted by Gasteiger charge is -2.46. The van der Waals surface area contributed by atoms with Gasteiger partial charge in [0.1, 0.15) is 0 Å². The standard InChI is InChI=1S/C14H27NO/c1-12(2)8-9-13(16)14(15(3)4)10-6-5-7-11-14/h13,16H,1,5-11H2,2-4H3. The zero-order valence-electron chi connectivity index (χ0n) is 11.1. The average Bonchev–Trinajstić information content (AvgIpc) is 2.26. The molecule has 16 heavy (non-hydrogen) atoms. The molecule has 0 radical (unpaired) electrons. The highest BCUT2D eigenvalue weighted by Gasteiger charge is 2.40. The van der Waals surface area contributed by atoms with Crippen molar-refractivity contribution < 1.29 is 5.11 Å². The Morgan fingerprint density at radius 2 is 1.88 bits per heavy atom. The summed E-state index contributed by atoms with van der Waals surface area (Å²) in [7, 11) is 4.21. The molecule has 0 aliphatic heterocycles. The van der Waals surface area contributed by atoms with Crippen molar-refractivity contribution in [3.05, 3.63) is 12.2 Å². The second-order valence-corrected chi connectivity index (χ2v) is 5.57. The van der Waals surface area contributed by atoms with Gasteiger partial charge < -0.3 is 10.0 Å². The Morgan fingerprint density at radius 3 is 2.31 bits per heavy atom. The van der Waals surface area contributed by atoms with Gasteiger partial charge in [0.05, 0.1) is 6.10 Å². The number of nitrogens with zero attached hydrogens (tertiary/aromatic N) is 1. The van der Waals surface area contributed by atoms with Crippen molar-refractivity contribution in [3.8, 4) is 0 Å². The van der Waals surface area contributed by atoms with E-state index in [4.69, 9.17) is 0 Å². The maximum atomic E-state index is 10.5. The minimum Gasteiger partial charge on any atom is -0.391 e. The van der Waals surface area contributed by atoms with E-state index in [2.05, 4.69) is 25.6 Å². The summed E-state index contributed by atoms with van der Waals surface area (Å²) in [6, 6.07) is 0. The highest BCUT2D eigenvalue weighted by atomic mass is 16.3. The fourth-order valence-electron chi connectivity index (χ4n) is 2.89. The predicted octanol–water partition coefficient (Wildman–Crippen LogP) is 2.97. The number of aliphatic hydroxyl groups excluding tert-OH is 1. The number of aliphatic hydroxyl groups is 1. The first-order valence-electron chi connectivity index (χ1n) is 6.49. The fraction of sp³-hybridized carbons (Fsp3) is 0.857. The first-order valence-corrected chi connectivity index (χ1v) is 6.49. The summed E-state index contributed by atoms with van der Waals surface area (Å²) < 4.78 is 0. The summed E-state index contributed by atoms with van der Waals surface area (Å²) in [5, 5.41) is 10.5. The molecule has 0 aromatic carbocycles. The van der Waals surface area contributed by atoms with Crippen molar-refractivity contribution in [2.24, 2.45) is 0 Å². The van der Waals surface area contributed by atoms with Crippen LogP contribution in [0.5, 0.6) is 0 Å². The maximum absolute atomic E-state index is 10.5. The lowest BCUT2D eigenvalue weighted by atomic mass is 9.75. The van der Waals surface area contributed by atoms with E-state index in [1.807, 2.05) is 6.92 Å². The van der Waals surface area contributed by atoms with Crippen LogP contribution < -0.4 is 0 Å². The molecule has 2 nitrogen and oxygen atoms in total. The van der Waals surface area contributed by atoms with E-state index in [1.54, 1.807) is 0 Å². The van der Waals surface area contributed by atoms with Crippen LogP contribution in [-0.2, 0) is 0 Å². The van der Waals surface area contributed by atoms with Crippen LogP contribution in [0.15, 0.2) is 12.2 Å². The fourth-order valence-corrected chi connectivity index (χ4v) is 2.89. The van der Waals surface area contributed by atoms with Gasteiger partial charge in [0.25, 0.3) is 0 Å². The third-order valence-corrected chi connectivity index (χ3v) is 4.07. The van der Waals surface area contributed by atoms with Gasteiger partial charge in [-0.3, -0.25) is 0 Å². The van der Waals surface area contributed by atoms with Crippen LogP contribution in [-0.4, -0.2) is 35.7 Å². The lowest BCUT2D eigenvalue weighted by Crippen LogP contribution is -2.54. The van der Waals surface area contributed by atoms with Gasteiger partial charge >= 0.3 is 0 Å². The minimum absolute atomic E-state index is 0.0215. The molecule has 1 unspecified atom stereocenters. The molecule has 2 heteroatoms. The molecule has 0 bridgehead atoms. The number of hydrogen-bond donors (Lipinski definition) is 1. The molecule has 0 heterocycles. The summed E-state index contributed by atoms with van der Waals surface area (Å²) in [6.45, 7) is 5.95. The van der Waals surface area contributed by atoms with Crippen LogP contribution in [0.2, 0.25) is 0 Å². The number of allylic oxidation sites excluding steroid dienone is 1. The van der Waals surface area contributed by atoms with Crippen LogP contribution >= 0.6 is 0 Å². The Labute approximate surface area is 100 Å². The van der Waals surface area contributed by atoms with Gasteiger partial charge in [0.15, 0.2) is 0 Å². The van der Waals surface area contributed by atoms with E-state index >= 15 is 0 Å². The molecule has 1 saturated carbocycles. The monoisotopic (exact) mass is 225 g/mol. The quantitative estimate of drug-likeness (QED) is 0.727. The van der Waals surface area contributed by atoms with Crippen LogP contribution in [0, 0.1) is 0 Å². The molecular weight excluding hydrogens is 198 g/mol. The summed E-state index contributed by atoms with van der Waals surface area (Å²) in [6.07, 6.45) is 7.69. The summed E-state index contributed by atoms with van der Waals surface area (Å²) in [5.41, 5.74) is 1.19. The van der Waals surface area contributed by atoms with Gasteiger partial charge in [0.2, 0.25) is 0 Å². The summed E-state index contributed by atoms with van der Waals surface area (Å²) >= 11 is 0. The summed E-state index contributed by atoms with van der Waals surface area (Å²) in [4.78, 5) is 2.25. The number of hydrogen-bond acceptors (Lipinski definition) is 2. The molecule has 1 fully saturated rings. The molecular formula is C14H27NO. The molecule has 0 saturated heterocycles. The zero-order valence-corrected chi connectivity index (χ0v) is 11.1. The van der Waals surface area contributed by atoms with Gasteiger partial charge in [0, 0.05) is 5.54 Å². The molecule has 0 amide bonds. The lowest BCUT2D eigenvalue weighted by molar-refractivity contribution is -0.0352. The Hall–Kier alpha value is -0.340. The van der Waals surface area contributed by atoms with Crippen LogP contribution in [0.4, 0.5) is 0 Å². The Bertz CT molecular complexity index is 229. The van der Waals surface area contributed by atoms with Crippen molar-refractivity contribution in [2.75, 3.05) is 14.1 Å². The third-order valence-electron chi connectivity index (χ3n) is 4.07. The van der Waals surface area contributed by atoms with E-state index in [0.717, 1.165) is 25.7 Å². The van der Waals surface area contributed by atoms with Crippen LogP contribution in [0.3, 0.4) is 0 Å². The van der Waals surface area contributed by atoms with Crippen molar-refractivity contribution in [1.29, 1.82) is 0 Å². The van der Waals surface area contributed by atoms with Crippen molar-refractivity contribution in [1.82, 2.24) is 4.90 Å². The Morgan fingerprint density at radius 1 is 1.31 bits per heavy atom. The van der Waals surface area contributed by atoms with E-state index in [-0.39, 0.29) is 11.6 Å². The largest absolute Gasteiger partial charge is 0.391 e. The molecule has 94 valence electrons. The highest BCUT2D eigenvalue weighted by molar-refractivity contribution is 4.99. The predicted molar refractivity (Wildman–Crippen MR) is 69.6 cm³/mol. The van der Waals surface area contributed by atoms with E-state index in [0.29, 0.717) is 0 Å². The van der Waals surface area contributed by atoms with Gasteiger partial charge in [-0.05, 0) is 46.7 Å². The molecule has 0 spiro atoms. The Balaban J connectivity index is 2.64. The SMILES string of the molecule is C=C(C)CCC(O)C1(N(C)C)CCCCC1. The molecule has 1 aliphatic carbocycles.